The summed E-state index contributed by atoms with van der Waals surface area (Å²) < 4.78 is 12.9. The number of aliphatic carboxylic acids is 1. The number of hydrogen-bond donors (Lipinski definition) is 3. The Morgan fingerprint density at radius 2 is 1.95 bits per heavy atom. The number of carboxylic acid groups (broad SMARTS) is 1. The maximum absolute atomic E-state index is 12.9. The first-order chi connectivity index (χ1) is 8.81. The van der Waals surface area contributed by atoms with Gasteiger partial charge in [-0.05, 0) is 36.6 Å². The molecule has 0 aliphatic carbocycles. The van der Waals surface area contributed by atoms with E-state index in [0.717, 1.165) is 0 Å². The quantitative estimate of drug-likeness (QED) is 0.784. The molecule has 0 saturated heterocycles. The highest BCUT2D eigenvalue weighted by atomic mass is 19.1. The molecule has 19 heavy (non-hydrogen) atoms. The molecule has 1 aromatic rings. The third-order valence-electron chi connectivity index (χ3n) is 2.66. The summed E-state index contributed by atoms with van der Waals surface area (Å²) in [6, 6.07) is 2.33. The normalized spacial score (nSPS) is 12.1. The van der Waals surface area contributed by atoms with Crippen molar-refractivity contribution in [2.24, 2.45) is 5.92 Å². The second-order valence-corrected chi connectivity index (χ2v) is 4.62. The highest BCUT2D eigenvalue weighted by molar-refractivity contribution is 5.92. The summed E-state index contributed by atoms with van der Waals surface area (Å²) >= 11 is 0. The maximum Gasteiger partial charge on any atom is 0.326 e. The maximum atomic E-state index is 12.9. The Balaban J connectivity index is 2.72. The van der Waals surface area contributed by atoms with Crippen LogP contribution < -0.4 is 10.6 Å². The van der Waals surface area contributed by atoms with E-state index in [2.05, 4.69) is 10.6 Å². The van der Waals surface area contributed by atoms with Crippen molar-refractivity contribution in [1.29, 1.82) is 0 Å². The monoisotopic (exact) mass is 268 g/mol. The van der Waals surface area contributed by atoms with Gasteiger partial charge in [0.1, 0.15) is 11.9 Å². The summed E-state index contributed by atoms with van der Waals surface area (Å²) in [7, 11) is 0. The molecule has 3 N–H and O–H groups in total. The predicted molar refractivity (Wildman–Crippen MR) is 69.6 cm³/mol. The van der Waals surface area contributed by atoms with Gasteiger partial charge in [0.2, 0.25) is 0 Å². The zero-order valence-electron chi connectivity index (χ0n) is 11.0. The van der Waals surface area contributed by atoms with Crippen LogP contribution in [0, 0.1) is 18.7 Å². The van der Waals surface area contributed by atoms with Crippen molar-refractivity contribution >= 4 is 17.7 Å². The number of carbonyl (C=O) groups is 2. The van der Waals surface area contributed by atoms with Crippen LogP contribution in [-0.4, -0.2) is 23.1 Å². The number of rotatable bonds is 4. The lowest BCUT2D eigenvalue weighted by molar-refractivity contribution is -0.140. The number of anilines is 1. The van der Waals surface area contributed by atoms with Crippen LogP contribution >= 0.6 is 0 Å². The number of nitrogens with one attached hydrogen (secondary N) is 2. The molecule has 0 aliphatic heterocycles. The molecule has 1 unspecified atom stereocenters. The van der Waals surface area contributed by atoms with Gasteiger partial charge in [0.15, 0.2) is 0 Å². The second kappa shape index (κ2) is 6.17. The van der Waals surface area contributed by atoms with Crippen molar-refractivity contribution < 1.29 is 19.1 Å². The Labute approximate surface area is 110 Å². The topological polar surface area (TPSA) is 78.4 Å². The van der Waals surface area contributed by atoms with Crippen LogP contribution in [-0.2, 0) is 4.79 Å². The molecule has 1 rings (SSSR count). The van der Waals surface area contributed by atoms with Crippen molar-refractivity contribution in [3.8, 4) is 0 Å². The number of hydrogen-bond acceptors (Lipinski definition) is 2. The van der Waals surface area contributed by atoms with Crippen molar-refractivity contribution in [1.82, 2.24) is 5.32 Å². The third kappa shape index (κ3) is 4.24. The van der Waals surface area contributed by atoms with Crippen molar-refractivity contribution in [3.63, 3.8) is 0 Å². The number of amides is 2. The van der Waals surface area contributed by atoms with E-state index in [9.17, 15) is 14.0 Å². The highest BCUT2D eigenvalue weighted by Gasteiger charge is 2.23. The molecule has 0 saturated carbocycles. The molecule has 0 bridgehead atoms. The van der Waals surface area contributed by atoms with Gasteiger partial charge >= 0.3 is 12.0 Å². The smallest absolute Gasteiger partial charge is 0.326 e. The summed E-state index contributed by atoms with van der Waals surface area (Å²) in [5.41, 5.74) is 0.998. The molecule has 0 aromatic heterocycles. The fraction of sp³-hybridized carbons (Fsp3) is 0.385. The number of aryl methyl sites for hydroxylation is 1. The number of carboxylic acids is 1. The van der Waals surface area contributed by atoms with Gasteiger partial charge in [0, 0.05) is 5.69 Å². The lowest BCUT2D eigenvalue weighted by Crippen LogP contribution is -2.46. The van der Waals surface area contributed by atoms with Gasteiger partial charge in [0.25, 0.3) is 0 Å². The Morgan fingerprint density at radius 3 is 2.42 bits per heavy atom. The molecular formula is C13H17FN2O3. The molecule has 0 aliphatic rings. The van der Waals surface area contributed by atoms with Gasteiger partial charge in [-0.15, -0.1) is 0 Å². The average molecular weight is 268 g/mol. The minimum atomic E-state index is -1.10. The molecule has 0 fully saturated rings. The SMILES string of the molecule is Cc1cc(F)ccc1NC(=O)NC(C(=O)O)C(C)C. The summed E-state index contributed by atoms with van der Waals surface area (Å²) in [6.45, 7) is 5.04. The van der Waals surface area contributed by atoms with Gasteiger partial charge in [-0.1, -0.05) is 13.8 Å². The number of halogens is 1. The van der Waals surface area contributed by atoms with E-state index in [4.69, 9.17) is 5.11 Å². The molecule has 1 atom stereocenters. The minimum Gasteiger partial charge on any atom is -0.480 e. The minimum absolute atomic E-state index is 0.238. The largest absolute Gasteiger partial charge is 0.480 e. The first-order valence-electron chi connectivity index (χ1n) is 5.87. The summed E-state index contributed by atoms with van der Waals surface area (Å²) in [6.07, 6.45) is 0. The molecule has 104 valence electrons. The first kappa shape index (κ1) is 14.9. The first-order valence-corrected chi connectivity index (χ1v) is 5.87. The Kier molecular flexibility index (Phi) is 4.86. The number of benzene rings is 1. The van der Waals surface area contributed by atoms with E-state index in [-0.39, 0.29) is 5.92 Å². The van der Waals surface area contributed by atoms with Crippen LogP contribution in [0.15, 0.2) is 18.2 Å². The van der Waals surface area contributed by atoms with Gasteiger partial charge in [-0.25, -0.2) is 14.0 Å². The van der Waals surface area contributed by atoms with Crippen LogP contribution in [0.25, 0.3) is 0 Å². The van der Waals surface area contributed by atoms with E-state index >= 15 is 0 Å². The van der Waals surface area contributed by atoms with E-state index in [1.54, 1.807) is 20.8 Å². The lowest BCUT2D eigenvalue weighted by Gasteiger charge is -2.18. The lowest BCUT2D eigenvalue weighted by atomic mass is 10.1. The Hall–Kier alpha value is -2.11. The summed E-state index contributed by atoms with van der Waals surface area (Å²) in [4.78, 5) is 22.6. The van der Waals surface area contributed by atoms with Crippen LogP contribution in [0.2, 0.25) is 0 Å². The highest BCUT2D eigenvalue weighted by Crippen LogP contribution is 2.15. The molecule has 5 nitrogen and oxygen atoms in total. The van der Waals surface area contributed by atoms with E-state index in [0.29, 0.717) is 11.3 Å². The van der Waals surface area contributed by atoms with Crippen LogP contribution in [0.3, 0.4) is 0 Å². The molecular weight excluding hydrogens is 251 g/mol. The van der Waals surface area contributed by atoms with Gasteiger partial charge in [-0.2, -0.15) is 0 Å². The predicted octanol–water partition coefficient (Wildman–Crippen LogP) is 2.36. The molecule has 1 aromatic carbocycles. The molecule has 0 radical (unpaired) electrons. The van der Waals surface area contributed by atoms with E-state index in [1.807, 2.05) is 0 Å². The summed E-state index contributed by atoms with van der Waals surface area (Å²) in [5, 5.41) is 13.8. The fourth-order valence-corrected chi connectivity index (χ4v) is 1.58. The van der Waals surface area contributed by atoms with Gasteiger partial charge in [-0.3, -0.25) is 0 Å². The molecule has 0 spiro atoms. The van der Waals surface area contributed by atoms with Gasteiger partial charge in [0.05, 0.1) is 0 Å². The van der Waals surface area contributed by atoms with Crippen molar-refractivity contribution in [2.75, 3.05) is 5.32 Å². The Bertz CT molecular complexity index is 489. The Morgan fingerprint density at radius 1 is 1.32 bits per heavy atom. The average Bonchev–Trinajstić information content (AvgIpc) is 2.29. The number of carbonyl (C=O) groups excluding carboxylic acids is 1. The van der Waals surface area contributed by atoms with Crippen LogP contribution in [0.5, 0.6) is 0 Å². The van der Waals surface area contributed by atoms with Gasteiger partial charge < -0.3 is 15.7 Å². The van der Waals surface area contributed by atoms with Crippen LogP contribution in [0.4, 0.5) is 14.9 Å². The number of urea groups is 1. The van der Waals surface area contributed by atoms with Crippen molar-refractivity contribution in [3.05, 3.63) is 29.6 Å². The van der Waals surface area contributed by atoms with Crippen molar-refractivity contribution in [2.45, 2.75) is 26.8 Å². The second-order valence-electron chi connectivity index (χ2n) is 4.62. The fourth-order valence-electron chi connectivity index (χ4n) is 1.58. The molecule has 6 heteroatoms. The summed E-state index contributed by atoms with van der Waals surface area (Å²) in [5.74, 6) is -1.73. The molecule has 2 amide bonds. The third-order valence-corrected chi connectivity index (χ3v) is 2.66. The zero-order valence-corrected chi connectivity index (χ0v) is 11.0. The molecule has 0 heterocycles. The van der Waals surface area contributed by atoms with Crippen LogP contribution in [0.1, 0.15) is 19.4 Å². The van der Waals surface area contributed by atoms with E-state index < -0.39 is 23.9 Å². The van der Waals surface area contributed by atoms with E-state index in [1.165, 1.54) is 18.2 Å². The zero-order chi connectivity index (χ0) is 14.6. The standard InChI is InChI=1S/C13H17FN2O3/c1-7(2)11(12(17)18)16-13(19)15-10-5-4-9(14)6-8(10)3/h4-7,11H,1-3H3,(H,17,18)(H2,15,16,19).